The molecule has 1 saturated carbocycles. The lowest BCUT2D eigenvalue weighted by molar-refractivity contribution is 0.0925. The molecule has 1 N–H and O–H groups in total. The number of nitrogens with one attached hydrogen (secondary N) is 1. The van der Waals surface area contributed by atoms with Gasteiger partial charge in [0.05, 0.1) is 0 Å². The highest BCUT2D eigenvalue weighted by atomic mass is 35.5. The zero-order valence-corrected chi connectivity index (χ0v) is 11.5. The second-order valence-electron chi connectivity index (χ2n) is 4.54. The van der Waals surface area contributed by atoms with Crippen molar-refractivity contribution in [1.82, 2.24) is 15.5 Å². The minimum atomic E-state index is -0.150. The zero-order valence-electron chi connectivity index (χ0n) is 9.94. The molecule has 17 heavy (non-hydrogen) atoms. The maximum Gasteiger partial charge on any atom is 0.282 e. The summed E-state index contributed by atoms with van der Waals surface area (Å²) in [6.45, 7) is 4.41. The van der Waals surface area contributed by atoms with Crippen molar-refractivity contribution in [3.05, 3.63) is 9.47 Å². The van der Waals surface area contributed by atoms with Crippen LogP contribution in [0.3, 0.4) is 0 Å². The molecule has 1 aromatic rings. The van der Waals surface area contributed by atoms with Crippen LogP contribution in [0.1, 0.15) is 42.9 Å². The summed E-state index contributed by atoms with van der Waals surface area (Å²) >= 11 is 6.78. The molecule has 4 nitrogen and oxygen atoms in total. The van der Waals surface area contributed by atoms with E-state index in [1.54, 1.807) is 0 Å². The van der Waals surface area contributed by atoms with E-state index in [-0.39, 0.29) is 11.9 Å². The zero-order chi connectivity index (χ0) is 12.4. The van der Waals surface area contributed by atoms with Crippen molar-refractivity contribution in [2.24, 2.45) is 11.8 Å². The lowest BCUT2D eigenvalue weighted by Gasteiger charge is -2.20. The molecule has 6 heteroatoms. The SMILES string of the molecule is CCC1CCC(NC(=O)c2nnc(Cl)s2)C1C. The van der Waals surface area contributed by atoms with Crippen molar-refractivity contribution >= 4 is 28.8 Å². The minimum absolute atomic E-state index is 0.150. The van der Waals surface area contributed by atoms with Gasteiger partial charge in [-0.2, -0.15) is 0 Å². The highest BCUT2D eigenvalue weighted by Crippen LogP contribution is 2.34. The molecule has 0 saturated heterocycles. The molecule has 2 rings (SSSR count). The van der Waals surface area contributed by atoms with Gasteiger partial charge < -0.3 is 5.32 Å². The number of hydrogen-bond donors (Lipinski definition) is 1. The maximum absolute atomic E-state index is 11.9. The highest BCUT2D eigenvalue weighted by molar-refractivity contribution is 7.17. The Morgan fingerprint density at radius 2 is 2.29 bits per heavy atom. The first-order valence-corrected chi connectivity index (χ1v) is 7.11. The van der Waals surface area contributed by atoms with E-state index in [2.05, 4.69) is 29.4 Å². The Morgan fingerprint density at radius 3 is 2.82 bits per heavy atom. The summed E-state index contributed by atoms with van der Waals surface area (Å²) in [4.78, 5) is 11.9. The second-order valence-corrected chi connectivity index (χ2v) is 6.10. The predicted octanol–water partition coefficient (Wildman–Crippen LogP) is 2.75. The fraction of sp³-hybridized carbons (Fsp3) is 0.727. The Labute approximate surface area is 110 Å². The van der Waals surface area contributed by atoms with Gasteiger partial charge in [0, 0.05) is 6.04 Å². The number of halogens is 1. The van der Waals surface area contributed by atoms with Crippen LogP contribution in [0, 0.1) is 11.8 Å². The van der Waals surface area contributed by atoms with Gasteiger partial charge in [0.25, 0.3) is 5.91 Å². The van der Waals surface area contributed by atoms with E-state index in [0.29, 0.717) is 15.4 Å². The molecule has 1 aliphatic rings. The maximum atomic E-state index is 11.9. The van der Waals surface area contributed by atoms with Crippen LogP contribution in [-0.4, -0.2) is 22.1 Å². The summed E-state index contributed by atoms with van der Waals surface area (Å²) in [6, 6.07) is 0.259. The molecule has 94 valence electrons. The van der Waals surface area contributed by atoms with Crippen molar-refractivity contribution in [3.8, 4) is 0 Å². The van der Waals surface area contributed by atoms with Gasteiger partial charge in [0.15, 0.2) is 0 Å². The van der Waals surface area contributed by atoms with Crippen LogP contribution in [0.5, 0.6) is 0 Å². The molecule has 0 bridgehead atoms. The van der Waals surface area contributed by atoms with Crippen molar-refractivity contribution in [2.75, 3.05) is 0 Å². The molecule has 1 aliphatic carbocycles. The molecule has 1 heterocycles. The lowest BCUT2D eigenvalue weighted by Crippen LogP contribution is -2.37. The topological polar surface area (TPSA) is 54.9 Å². The van der Waals surface area contributed by atoms with Gasteiger partial charge in [0.2, 0.25) is 9.47 Å². The molecule has 3 unspecified atom stereocenters. The van der Waals surface area contributed by atoms with Gasteiger partial charge in [-0.1, -0.05) is 31.6 Å². The minimum Gasteiger partial charge on any atom is -0.347 e. The standard InChI is InChI=1S/C11H16ClN3OS/c1-3-7-4-5-8(6(7)2)13-9(16)10-14-15-11(12)17-10/h6-8H,3-5H2,1-2H3,(H,13,16). The third-order valence-electron chi connectivity index (χ3n) is 3.66. The van der Waals surface area contributed by atoms with Crippen LogP contribution >= 0.6 is 22.9 Å². The Bertz CT molecular complexity index is 409. The van der Waals surface area contributed by atoms with Gasteiger partial charge in [-0.3, -0.25) is 4.79 Å². The molecule has 0 aromatic carbocycles. The van der Waals surface area contributed by atoms with Gasteiger partial charge >= 0.3 is 0 Å². The van der Waals surface area contributed by atoms with E-state index in [0.717, 1.165) is 23.7 Å². The van der Waals surface area contributed by atoms with Crippen LogP contribution in [0.15, 0.2) is 0 Å². The Morgan fingerprint density at radius 1 is 1.53 bits per heavy atom. The van der Waals surface area contributed by atoms with E-state index in [1.807, 2.05) is 0 Å². The Hall–Kier alpha value is -0.680. The lowest BCUT2D eigenvalue weighted by atomic mass is 9.93. The summed E-state index contributed by atoms with van der Waals surface area (Å²) in [5.41, 5.74) is 0. The van der Waals surface area contributed by atoms with Crippen LogP contribution in [0.2, 0.25) is 4.47 Å². The Balaban J connectivity index is 1.96. The summed E-state index contributed by atoms with van der Waals surface area (Å²) < 4.78 is 0.307. The van der Waals surface area contributed by atoms with Gasteiger partial charge in [-0.15, -0.1) is 10.2 Å². The number of hydrogen-bond acceptors (Lipinski definition) is 4. The first-order valence-electron chi connectivity index (χ1n) is 5.91. The first kappa shape index (κ1) is 12.8. The summed E-state index contributed by atoms with van der Waals surface area (Å²) in [5.74, 6) is 1.11. The number of amides is 1. The summed E-state index contributed by atoms with van der Waals surface area (Å²) in [7, 11) is 0. The molecular formula is C11H16ClN3OS. The molecular weight excluding hydrogens is 258 g/mol. The van der Waals surface area contributed by atoms with Crippen molar-refractivity contribution < 1.29 is 4.79 Å². The van der Waals surface area contributed by atoms with E-state index >= 15 is 0 Å². The third kappa shape index (κ3) is 2.77. The van der Waals surface area contributed by atoms with Gasteiger partial charge in [-0.05, 0) is 36.3 Å². The average Bonchev–Trinajstić information content (AvgIpc) is 2.87. The van der Waals surface area contributed by atoms with E-state index < -0.39 is 0 Å². The van der Waals surface area contributed by atoms with Crippen LogP contribution < -0.4 is 5.32 Å². The number of carbonyl (C=O) groups is 1. The smallest absolute Gasteiger partial charge is 0.282 e. The predicted molar refractivity (Wildman–Crippen MR) is 68.4 cm³/mol. The molecule has 0 radical (unpaired) electrons. The molecule has 1 aromatic heterocycles. The average molecular weight is 274 g/mol. The fourth-order valence-corrected chi connectivity index (χ4v) is 3.29. The fourth-order valence-electron chi connectivity index (χ4n) is 2.55. The molecule has 0 spiro atoms. The van der Waals surface area contributed by atoms with Crippen LogP contribution in [0.25, 0.3) is 0 Å². The van der Waals surface area contributed by atoms with E-state index in [1.165, 1.54) is 12.8 Å². The molecule has 0 aliphatic heterocycles. The van der Waals surface area contributed by atoms with Crippen molar-refractivity contribution in [3.63, 3.8) is 0 Å². The van der Waals surface area contributed by atoms with Crippen LogP contribution in [0.4, 0.5) is 0 Å². The molecule has 3 atom stereocenters. The largest absolute Gasteiger partial charge is 0.347 e. The monoisotopic (exact) mass is 273 g/mol. The van der Waals surface area contributed by atoms with Crippen LogP contribution in [-0.2, 0) is 0 Å². The third-order valence-corrected chi connectivity index (χ3v) is 4.68. The number of carbonyl (C=O) groups excluding carboxylic acids is 1. The van der Waals surface area contributed by atoms with Crippen molar-refractivity contribution in [1.29, 1.82) is 0 Å². The van der Waals surface area contributed by atoms with E-state index in [9.17, 15) is 4.79 Å². The molecule has 1 fully saturated rings. The second kappa shape index (κ2) is 5.31. The van der Waals surface area contributed by atoms with Gasteiger partial charge in [-0.25, -0.2) is 0 Å². The molecule has 1 amide bonds. The number of rotatable bonds is 3. The van der Waals surface area contributed by atoms with Crippen molar-refractivity contribution in [2.45, 2.75) is 39.2 Å². The van der Waals surface area contributed by atoms with Gasteiger partial charge in [0.1, 0.15) is 0 Å². The van der Waals surface area contributed by atoms with E-state index in [4.69, 9.17) is 11.6 Å². The number of nitrogens with zero attached hydrogens (tertiary/aromatic N) is 2. The highest BCUT2D eigenvalue weighted by Gasteiger charge is 2.33. The summed E-state index contributed by atoms with van der Waals surface area (Å²) in [6.07, 6.45) is 3.43. The quantitative estimate of drug-likeness (QED) is 0.921. The Kier molecular flexibility index (Phi) is 3.99. The normalized spacial score (nSPS) is 28.3. The first-order chi connectivity index (χ1) is 8.11. The number of aromatic nitrogens is 2. The summed E-state index contributed by atoms with van der Waals surface area (Å²) in [5, 5.41) is 10.8.